The Morgan fingerprint density at radius 2 is 1.60 bits per heavy atom. The largest absolute Gasteiger partial charge is 0.338 e. The van der Waals surface area contributed by atoms with Gasteiger partial charge in [0.05, 0.1) is 0 Å². The highest BCUT2D eigenvalue weighted by molar-refractivity contribution is 5.31. The maximum Gasteiger partial charge on any atom is 0.225 e. The average Bonchev–Trinajstić information content (AvgIpc) is 2.48. The monoisotopic (exact) mass is 279 g/mol. The van der Waals surface area contributed by atoms with Gasteiger partial charge in [0, 0.05) is 25.0 Å². The summed E-state index contributed by atoms with van der Waals surface area (Å²) in [6, 6.07) is 0.520. The van der Waals surface area contributed by atoms with E-state index in [1.165, 1.54) is 18.4 Å². The second-order valence-corrected chi connectivity index (χ2v) is 4.97. The molecule has 0 amide bonds. The third-order valence-electron chi connectivity index (χ3n) is 3.19. The molecule has 20 heavy (non-hydrogen) atoms. The number of nitrogens with zero attached hydrogens (tertiary/aromatic N) is 3. The quantitative estimate of drug-likeness (QED) is 0.680. The number of hydrogen-bond donors (Lipinski definition) is 0. The highest BCUT2D eigenvalue weighted by Crippen LogP contribution is 2.15. The molecule has 0 radical (unpaired) electrons. The van der Waals surface area contributed by atoms with E-state index in [4.69, 9.17) is 0 Å². The predicted molar refractivity (Wildman–Crippen MR) is 89.4 cm³/mol. The summed E-state index contributed by atoms with van der Waals surface area (Å²) in [7, 11) is 0. The molecular weight excluding hydrogens is 246 g/mol. The van der Waals surface area contributed by atoms with E-state index in [0.29, 0.717) is 6.04 Å². The van der Waals surface area contributed by atoms with Crippen molar-refractivity contribution in [1.82, 2.24) is 9.97 Å². The van der Waals surface area contributed by atoms with Gasteiger partial charge in [-0.2, -0.15) is 0 Å². The Bertz CT molecular complexity index is 322. The number of anilines is 1. The average molecular weight is 279 g/mol. The van der Waals surface area contributed by atoms with Crippen molar-refractivity contribution in [2.24, 2.45) is 0 Å². The molecular formula is C17H33N3. The molecule has 3 heteroatoms. The van der Waals surface area contributed by atoms with Crippen molar-refractivity contribution in [2.45, 2.75) is 79.7 Å². The van der Waals surface area contributed by atoms with Gasteiger partial charge in [0.2, 0.25) is 5.95 Å². The number of aryl methyl sites for hydroxylation is 1. The summed E-state index contributed by atoms with van der Waals surface area (Å²) in [6.45, 7) is 13.9. The van der Waals surface area contributed by atoms with Crippen molar-refractivity contribution in [3.8, 4) is 0 Å². The number of hydrogen-bond acceptors (Lipinski definition) is 3. The summed E-state index contributed by atoms with van der Waals surface area (Å²) in [6.07, 6.45) is 9.70. The molecule has 1 unspecified atom stereocenters. The zero-order valence-corrected chi connectivity index (χ0v) is 14.3. The van der Waals surface area contributed by atoms with Crippen LogP contribution in [0.1, 0.15) is 72.8 Å². The van der Waals surface area contributed by atoms with Gasteiger partial charge in [0.15, 0.2) is 0 Å². The van der Waals surface area contributed by atoms with E-state index in [-0.39, 0.29) is 0 Å². The summed E-state index contributed by atoms with van der Waals surface area (Å²) in [4.78, 5) is 11.4. The van der Waals surface area contributed by atoms with Crippen molar-refractivity contribution in [3.05, 3.63) is 18.0 Å². The van der Waals surface area contributed by atoms with Gasteiger partial charge >= 0.3 is 0 Å². The second-order valence-electron chi connectivity index (χ2n) is 4.97. The topological polar surface area (TPSA) is 29.0 Å². The maximum absolute atomic E-state index is 4.53. The van der Waals surface area contributed by atoms with Crippen LogP contribution in [-0.2, 0) is 6.42 Å². The van der Waals surface area contributed by atoms with Gasteiger partial charge in [0.1, 0.15) is 0 Å². The molecule has 0 saturated carbocycles. The molecule has 0 fully saturated rings. The van der Waals surface area contributed by atoms with Crippen LogP contribution in [0, 0.1) is 0 Å². The minimum Gasteiger partial charge on any atom is -0.338 e. The molecule has 0 aromatic carbocycles. The molecule has 0 bridgehead atoms. The molecule has 0 aliphatic carbocycles. The zero-order chi connectivity index (χ0) is 15.4. The van der Waals surface area contributed by atoms with Crippen molar-refractivity contribution < 1.29 is 0 Å². The fourth-order valence-electron chi connectivity index (χ4n) is 2.25. The van der Waals surface area contributed by atoms with Crippen LogP contribution < -0.4 is 4.90 Å². The van der Waals surface area contributed by atoms with Crippen molar-refractivity contribution >= 4 is 5.95 Å². The summed E-state index contributed by atoms with van der Waals surface area (Å²) in [5.74, 6) is 0.887. The first-order chi connectivity index (χ1) is 9.72. The molecule has 0 spiro atoms. The van der Waals surface area contributed by atoms with Crippen molar-refractivity contribution in [1.29, 1.82) is 0 Å². The molecule has 1 aromatic heterocycles. The van der Waals surface area contributed by atoms with Gasteiger partial charge < -0.3 is 4.90 Å². The third kappa shape index (κ3) is 6.36. The van der Waals surface area contributed by atoms with E-state index in [1.54, 1.807) is 0 Å². The van der Waals surface area contributed by atoms with Crippen LogP contribution in [0.15, 0.2) is 12.4 Å². The SMILES string of the molecule is CC.CCCc1cnc(N(CCC)C(C)CCC)nc1. The van der Waals surface area contributed by atoms with E-state index < -0.39 is 0 Å². The first-order valence-corrected chi connectivity index (χ1v) is 8.30. The highest BCUT2D eigenvalue weighted by Gasteiger charge is 2.15. The first kappa shape index (κ1) is 18.9. The summed E-state index contributed by atoms with van der Waals surface area (Å²) < 4.78 is 0. The van der Waals surface area contributed by atoms with E-state index in [2.05, 4.69) is 42.6 Å². The van der Waals surface area contributed by atoms with Crippen LogP contribution in [0.4, 0.5) is 5.95 Å². The van der Waals surface area contributed by atoms with Gasteiger partial charge in [-0.1, -0.05) is 47.5 Å². The van der Waals surface area contributed by atoms with Crippen LogP contribution in [-0.4, -0.2) is 22.6 Å². The van der Waals surface area contributed by atoms with Gasteiger partial charge in [0.25, 0.3) is 0 Å². The van der Waals surface area contributed by atoms with Crippen molar-refractivity contribution in [2.75, 3.05) is 11.4 Å². The Hall–Kier alpha value is -1.12. The standard InChI is InChI=1S/C15H27N3.C2H6/c1-5-8-13(4)18(10-7-3)15-16-11-14(9-6-2)12-17-15;1-2/h11-13H,5-10H2,1-4H3;1-2H3. The molecule has 0 aliphatic heterocycles. The summed E-state index contributed by atoms with van der Waals surface area (Å²) in [5.41, 5.74) is 1.24. The van der Waals surface area contributed by atoms with E-state index in [1.807, 2.05) is 26.2 Å². The van der Waals surface area contributed by atoms with Crippen LogP contribution >= 0.6 is 0 Å². The fourth-order valence-corrected chi connectivity index (χ4v) is 2.25. The lowest BCUT2D eigenvalue weighted by Gasteiger charge is -2.28. The third-order valence-corrected chi connectivity index (χ3v) is 3.19. The molecule has 0 N–H and O–H groups in total. The van der Waals surface area contributed by atoms with Gasteiger partial charge in [-0.25, -0.2) is 9.97 Å². The van der Waals surface area contributed by atoms with E-state index in [0.717, 1.165) is 31.8 Å². The number of aromatic nitrogens is 2. The Kier molecular flexibility index (Phi) is 11.0. The van der Waals surface area contributed by atoms with Crippen LogP contribution in [0.2, 0.25) is 0 Å². The lowest BCUT2D eigenvalue weighted by Crippen LogP contribution is -2.35. The smallest absolute Gasteiger partial charge is 0.225 e. The van der Waals surface area contributed by atoms with Crippen LogP contribution in [0.25, 0.3) is 0 Å². The van der Waals surface area contributed by atoms with Crippen LogP contribution in [0.5, 0.6) is 0 Å². The minimum atomic E-state index is 0.520. The molecule has 116 valence electrons. The highest BCUT2D eigenvalue weighted by atomic mass is 15.3. The maximum atomic E-state index is 4.53. The molecule has 0 aliphatic rings. The Morgan fingerprint density at radius 3 is 2.05 bits per heavy atom. The van der Waals surface area contributed by atoms with Gasteiger partial charge in [-0.15, -0.1) is 0 Å². The summed E-state index contributed by atoms with van der Waals surface area (Å²) in [5, 5.41) is 0. The molecule has 1 aromatic rings. The lowest BCUT2D eigenvalue weighted by molar-refractivity contribution is 0.564. The Balaban J connectivity index is 0.00000172. The van der Waals surface area contributed by atoms with E-state index in [9.17, 15) is 0 Å². The Labute approximate surface area is 125 Å². The van der Waals surface area contributed by atoms with Crippen LogP contribution in [0.3, 0.4) is 0 Å². The summed E-state index contributed by atoms with van der Waals surface area (Å²) >= 11 is 0. The zero-order valence-electron chi connectivity index (χ0n) is 14.3. The molecule has 1 heterocycles. The molecule has 1 atom stereocenters. The lowest BCUT2D eigenvalue weighted by atomic mass is 10.1. The van der Waals surface area contributed by atoms with E-state index >= 15 is 0 Å². The minimum absolute atomic E-state index is 0.520. The number of rotatable bonds is 8. The predicted octanol–water partition coefficient (Wildman–Crippen LogP) is 4.86. The van der Waals surface area contributed by atoms with Crippen molar-refractivity contribution in [3.63, 3.8) is 0 Å². The van der Waals surface area contributed by atoms with Gasteiger partial charge in [-0.05, 0) is 31.7 Å². The van der Waals surface area contributed by atoms with Gasteiger partial charge in [-0.3, -0.25) is 0 Å². The fraction of sp³-hybridized carbons (Fsp3) is 0.765. The second kappa shape index (κ2) is 11.7. The molecule has 0 saturated heterocycles. The molecule has 1 rings (SSSR count). The Morgan fingerprint density at radius 1 is 1.00 bits per heavy atom. The first-order valence-electron chi connectivity index (χ1n) is 8.30. The normalized spacial score (nSPS) is 11.5. The molecule has 3 nitrogen and oxygen atoms in total.